The van der Waals surface area contributed by atoms with E-state index in [1.54, 1.807) is 19.1 Å². The summed E-state index contributed by atoms with van der Waals surface area (Å²) in [6.07, 6.45) is 1.54. The minimum Gasteiger partial charge on any atom is -0.370 e. The zero-order chi connectivity index (χ0) is 12.2. The van der Waals surface area contributed by atoms with E-state index in [0.717, 1.165) is 0 Å². The summed E-state index contributed by atoms with van der Waals surface area (Å²) < 4.78 is 23.0. The number of pyridine rings is 1. The molecule has 87 valence electrons. The number of aromatic nitrogens is 1. The van der Waals surface area contributed by atoms with Gasteiger partial charge < -0.3 is 5.73 Å². The Bertz CT molecular complexity index is 483. The third-order valence-electron chi connectivity index (χ3n) is 1.96. The number of nitrogens with zero attached hydrogens (tertiary/aromatic N) is 1. The Balaban J connectivity index is 2.91. The Morgan fingerprint density at radius 2 is 2.19 bits per heavy atom. The fraction of sp³-hybridized carbons (Fsp3) is 0.300. The molecule has 0 atom stereocenters. The van der Waals surface area contributed by atoms with Gasteiger partial charge in [0.1, 0.15) is 0 Å². The van der Waals surface area contributed by atoms with Gasteiger partial charge in [-0.1, -0.05) is 13.0 Å². The van der Waals surface area contributed by atoms with E-state index in [-0.39, 0.29) is 17.2 Å². The Morgan fingerprint density at radius 3 is 2.75 bits per heavy atom. The largest absolute Gasteiger partial charge is 0.370 e. The molecular weight excluding hydrogens is 228 g/mol. The number of carbonyl (C=O) groups excluding carboxylic acids is 1. The highest BCUT2D eigenvalue weighted by Crippen LogP contribution is 2.10. The molecule has 0 bridgehead atoms. The smallest absolute Gasteiger partial charge is 0.218 e. The molecule has 1 aromatic heterocycles. The van der Waals surface area contributed by atoms with Gasteiger partial charge in [0.25, 0.3) is 0 Å². The average molecular weight is 241 g/mol. The van der Waals surface area contributed by atoms with Gasteiger partial charge in [-0.15, -0.1) is 0 Å². The topological polar surface area (TPSA) is 90.1 Å². The monoisotopic (exact) mass is 241 g/mol. The van der Waals surface area contributed by atoms with E-state index in [4.69, 9.17) is 5.73 Å². The van der Waals surface area contributed by atoms with Gasteiger partial charge in [0.15, 0.2) is 14.9 Å². The van der Waals surface area contributed by atoms with Gasteiger partial charge in [-0.3, -0.25) is 4.79 Å². The Kier molecular flexibility index (Phi) is 4.00. The molecule has 0 spiro atoms. The Hall–Kier alpha value is -1.43. The first-order valence-corrected chi connectivity index (χ1v) is 6.42. The molecule has 1 rings (SSSR count). The van der Waals surface area contributed by atoms with Crippen molar-refractivity contribution in [1.82, 2.24) is 4.98 Å². The van der Waals surface area contributed by atoms with Crippen LogP contribution >= 0.6 is 0 Å². The van der Waals surface area contributed by atoms with Crippen LogP contribution in [0.3, 0.4) is 0 Å². The summed E-state index contributed by atoms with van der Waals surface area (Å²) in [5.41, 5.74) is 5.41. The summed E-state index contributed by atoms with van der Waals surface area (Å²) in [5.74, 6) is -0.482. The van der Waals surface area contributed by atoms with Crippen molar-refractivity contribution in [3.63, 3.8) is 0 Å². The van der Waals surface area contributed by atoms with E-state index in [2.05, 4.69) is 4.98 Å². The molecule has 1 aromatic rings. The summed E-state index contributed by atoms with van der Waals surface area (Å²) in [6.45, 7) is 1.55. The molecule has 1 heterocycles. The molecule has 6 heteroatoms. The van der Waals surface area contributed by atoms with Crippen LogP contribution in [-0.2, 0) is 14.6 Å². The molecule has 0 aliphatic heterocycles. The highest BCUT2D eigenvalue weighted by Gasteiger charge is 2.13. The van der Waals surface area contributed by atoms with E-state index in [9.17, 15) is 13.2 Å². The average Bonchev–Trinajstić information content (AvgIpc) is 2.27. The molecule has 16 heavy (non-hydrogen) atoms. The number of rotatable bonds is 5. The van der Waals surface area contributed by atoms with Gasteiger partial charge in [-0.05, 0) is 12.1 Å². The number of sulfone groups is 1. The zero-order valence-electron chi connectivity index (χ0n) is 8.88. The van der Waals surface area contributed by atoms with Crippen LogP contribution in [0, 0.1) is 6.42 Å². The van der Waals surface area contributed by atoms with E-state index in [0.29, 0.717) is 5.69 Å². The normalized spacial score (nSPS) is 11.3. The second-order valence-corrected chi connectivity index (χ2v) is 5.40. The van der Waals surface area contributed by atoms with E-state index in [1.807, 2.05) is 0 Å². The summed E-state index contributed by atoms with van der Waals surface area (Å²) in [4.78, 5) is 14.5. The van der Waals surface area contributed by atoms with Crippen molar-refractivity contribution in [2.24, 2.45) is 5.73 Å². The summed E-state index contributed by atoms with van der Waals surface area (Å²) in [6, 6.07) is 4.64. The first-order chi connectivity index (χ1) is 7.45. The fourth-order valence-electron chi connectivity index (χ4n) is 1.07. The number of carbonyl (C=O) groups is 1. The number of hydrogen-bond donors (Lipinski definition) is 1. The van der Waals surface area contributed by atoms with Crippen LogP contribution < -0.4 is 5.73 Å². The molecule has 2 N–H and O–H groups in total. The van der Waals surface area contributed by atoms with Gasteiger partial charge in [0.2, 0.25) is 5.91 Å². The minimum absolute atomic E-state index is 0.000721. The quantitative estimate of drug-likeness (QED) is 0.803. The van der Waals surface area contributed by atoms with Gasteiger partial charge in [-0.25, -0.2) is 13.4 Å². The second kappa shape index (κ2) is 5.07. The maximum Gasteiger partial charge on any atom is 0.218 e. The standard InChI is InChI=1S/C10H13N2O3S/c1-2-16(14,15)10-5-3-4-8(12-10)6-7-9(11)13/h3-6H,2,7H2,1H3,(H2,11,13). The van der Waals surface area contributed by atoms with Gasteiger partial charge in [-0.2, -0.15) is 0 Å². The number of primary amides is 1. The summed E-state index contributed by atoms with van der Waals surface area (Å²) >= 11 is 0. The lowest BCUT2D eigenvalue weighted by molar-refractivity contribution is -0.117. The lowest BCUT2D eigenvalue weighted by atomic mass is 10.2. The third kappa shape index (κ3) is 3.30. The number of amides is 1. The highest BCUT2D eigenvalue weighted by atomic mass is 32.2. The molecule has 0 unspecified atom stereocenters. The van der Waals surface area contributed by atoms with Gasteiger partial charge in [0, 0.05) is 18.5 Å². The lowest BCUT2D eigenvalue weighted by Gasteiger charge is -2.03. The van der Waals surface area contributed by atoms with Crippen molar-refractivity contribution in [1.29, 1.82) is 0 Å². The number of hydrogen-bond acceptors (Lipinski definition) is 4. The minimum atomic E-state index is -3.31. The molecule has 0 fully saturated rings. The molecule has 0 saturated carbocycles. The van der Waals surface area contributed by atoms with Gasteiger partial charge >= 0.3 is 0 Å². The van der Waals surface area contributed by atoms with Crippen LogP contribution in [-0.4, -0.2) is 25.1 Å². The number of nitrogens with two attached hydrogens (primary N) is 1. The maximum atomic E-state index is 11.5. The third-order valence-corrected chi connectivity index (χ3v) is 3.58. The molecule has 0 aromatic carbocycles. The van der Waals surface area contributed by atoms with Crippen LogP contribution in [0.1, 0.15) is 19.0 Å². The lowest BCUT2D eigenvalue weighted by Crippen LogP contribution is -2.11. The predicted molar refractivity (Wildman–Crippen MR) is 59.2 cm³/mol. The maximum absolute atomic E-state index is 11.5. The molecule has 0 saturated heterocycles. The molecular formula is C10H13N2O3S. The highest BCUT2D eigenvalue weighted by molar-refractivity contribution is 7.91. The van der Waals surface area contributed by atoms with Crippen molar-refractivity contribution in [2.45, 2.75) is 18.4 Å². The Labute approximate surface area is 94.6 Å². The summed E-state index contributed by atoms with van der Waals surface area (Å²) in [5, 5.41) is 0.0215. The Morgan fingerprint density at radius 1 is 1.50 bits per heavy atom. The summed E-state index contributed by atoms with van der Waals surface area (Å²) in [7, 11) is -3.31. The van der Waals surface area contributed by atoms with E-state index >= 15 is 0 Å². The van der Waals surface area contributed by atoms with E-state index < -0.39 is 15.7 Å². The molecule has 1 radical (unpaired) electrons. The first-order valence-electron chi connectivity index (χ1n) is 4.77. The molecule has 0 aliphatic carbocycles. The van der Waals surface area contributed by atoms with Crippen LogP contribution in [0.15, 0.2) is 23.2 Å². The van der Waals surface area contributed by atoms with Crippen molar-refractivity contribution < 1.29 is 13.2 Å². The molecule has 1 amide bonds. The van der Waals surface area contributed by atoms with Crippen molar-refractivity contribution in [3.05, 3.63) is 30.3 Å². The molecule has 5 nitrogen and oxygen atoms in total. The van der Waals surface area contributed by atoms with Crippen LogP contribution in [0.4, 0.5) is 0 Å². The molecule has 0 aliphatic rings. The van der Waals surface area contributed by atoms with E-state index in [1.165, 1.54) is 12.5 Å². The predicted octanol–water partition coefficient (Wildman–Crippen LogP) is 0.303. The van der Waals surface area contributed by atoms with Crippen LogP contribution in [0.25, 0.3) is 0 Å². The van der Waals surface area contributed by atoms with Crippen molar-refractivity contribution >= 4 is 15.7 Å². The first kappa shape index (κ1) is 12.6. The SMILES string of the molecule is CCS(=O)(=O)c1cccc([CH]CC(N)=O)n1. The van der Waals surface area contributed by atoms with Gasteiger partial charge in [0.05, 0.1) is 5.75 Å². The second-order valence-electron chi connectivity index (χ2n) is 3.18. The van der Waals surface area contributed by atoms with Crippen molar-refractivity contribution in [2.75, 3.05) is 5.75 Å². The zero-order valence-corrected chi connectivity index (χ0v) is 9.70. The van der Waals surface area contributed by atoms with Crippen molar-refractivity contribution in [3.8, 4) is 0 Å². The van der Waals surface area contributed by atoms with Crippen LogP contribution in [0.2, 0.25) is 0 Å². The van der Waals surface area contributed by atoms with Crippen LogP contribution in [0.5, 0.6) is 0 Å². The fourth-order valence-corrected chi connectivity index (χ4v) is 1.90.